The lowest BCUT2D eigenvalue weighted by atomic mass is 9.78. The first kappa shape index (κ1) is 30.3. The molecule has 1 aromatic heterocycles. The van der Waals surface area contributed by atoms with E-state index in [1.165, 1.54) is 11.8 Å². The van der Waals surface area contributed by atoms with Crippen molar-refractivity contribution < 1.29 is 24.2 Å². The Morgan fingerprint density at radius 3 is 2.37 bits per heavy atom. The summed E-state index contributed by atoms with van der Waals surface area (Å²) in [4.78, 5) is 44.6. The van der Waals surface area contributed by atoms with E-state index in [9.17, 15) is 19.5 Å². The molecular formula is C33H38N2O5S. The van der Waals surface area contributed by atoms with Crippen molar-refractivity contribution in [3.8, 4) is 5.75 Å². The summed E-state index contributed by atoms with van der Waals surface area (Å²) in [5, 5.41) is 11.6. The van der Waals surface area contributed by atoms with Crippen LogP contribution in [0.15, 0.2) is 65.8 Å². The molecule has 0 radical (unpaired) electrons. The minimum absolute atomic E-state index is 0.0471. The van der Waals surface area contributed by atoms with Gasteiger partial charge in [0.1, 0.15) is 11.4 Å². The van der Waals surface area contributed by atoms with Gasteiger partial charge in [-0.2, -0.15) is 0 Å². The zero-order chi connectivity index (χ0) is 29.9. The Kier molecular flexibility index (Phi) is 8.92. The average molecular weight is 575 g/mol. The largest absolute Gasteiger partial charge is 0.508 e. The molecule has 41 heavy (non-hydrogen) atoms. The smallest absolute Gasteiger partial charge is 0.327 e. The number of phenols is 1. The fourth-order valence-corrected chi connectivity index (χ4v) is 6.37. The lowest BCUT2D eigenvalue weighted by Crippen LogP contribution is -2.52. The van der Waals surface area contributed by atoms with Crippen molar-refractivity contribution in [2.45, 2.75) is 82.0 Å². The van der Waals surface area contributed by atoms with Gasteiger partial charge in [0.2, 0.25) is 0 Å². The third-order valence-electron chi connectivity index (χ3n) is 7.68. The van der Waals surface area contributed by atoms with Crippen LogP contribution in [0.25, 0.3) is 0 Å². The summed E-state index contributed by atoms with van der Waals surface area (Å²) >= 11 is 1.23. The molecule has 2 unspecified atom stereocenters. The second kappa shape index (κ2) is 12.1. The Labute approximate surface area is 246 Å². The van der Waals surface area contributed by atoms with E-state index in [1.807, 2.05) is 45.0 Å². The molecule has 7 nitrogen and oxygen atoms in total. The maximum Gasteiger partial charge on any atom is 0.327 e. The van der Waals surface area contributed by atoms with Gasteiger partial charge in [-0.15, -0.1) is 11.8 Å². The van der Waals surface area contributed by atoms with E-state index in [1.54, 1.807) is 36.7 Å². The van der Waals surface area contributed by atoms with E-state index in [0.29, 0.717) is 24.1 Å². The van der Waals surface area contributed by atoms with Gasteiger partial charge in [0.25, 0.3) is 5.91 Å². The molecule has 2 aromatic carbocycles. The number of nitrogens with one attached hydrogen (secondary N) is 1. The number of benzene rings is 2. The van der Waals surface area contributed by atoms with E-state index < -0.39 is 16.8 Å². The van der Waals surface area contributed by atoms with Crippen molar-refractivity contribution in [2.24, 2.45) is 5.92 Å². The van der Waals surface area contributed by atoms with Gasteiger partial charge in [0.05, 0.1) is 0 Å². The number of phenolic OH excluding ortho intramolecular Hbond substituents is 1. The summed E-state index contributed by atoms with van der Waals surface area (Å²) in [6.07, 6.45) is 4.43. The molecule has 0 bridgehead atoms. The first-order valence-electron chi connectivity index (χ1n) is 13.9. The number of Topliss-reactive ketones (excluding diaryl/α,β-unsaturated/α-hetero) is 1. The molecule has 216 valence electrons. The molecule has 8 heteroatoms. The van der Waals surface area contributed by atoms with Crippen LogP contribution in [0.1, 0.15) is 74.5 Å². The summed E-state index contributed by atoms with van der Waals surface area (Å²) in [6, 6.07) is 14.1. The molecule has 2 N–H and O–H groups in total. The molecule has 2 atom stereocenters. The third kappa shape index (κ3) is 6.99. The van der Waals surface area contributed by atoms with Gasteiger partial charge in [0.15, 0.2) is 11.0 Å². The fourth-order valence-electron chi connectivity index (χ4n) is 5.02. The number of hydrogen-bond acceptors (Lipinski definition) is 7. The molecule has 1 aliphatic rings. The van der Waals surface area contributed by atoms with Gasteiger partial charge < -0.3 is 15.2 Å². The highest BCUT2D eigenvalue weighted by Gasteiger charge is 2.49. The summed E-state index contributed by atoms with van der Waals surface area (Å²) < 4.78 is 6.13. The van der Waals surface area contributed by atoms with Crippen LogP contribution < -0.4 is 5.32 Å². The van der Waals surface area contributed by atoms with Crippen LogP contribution in [0, 0.1) is 12.8 Å². The van der Waals surface area contributed by atoms with Gasteiger partial charge >= 0.3 is 5.97 Å². The number of pyridine rings is 1. The monoisotopic (exact) mass is 574 g/mol. The van der Waals surface area contributed by atoms with Crippen molar-refractivity contribution in [1.29, 1.82) is 0 Å². The zero-order valence-corrected chi connectivity index (χ0v) is 25.3. The highest BCUT2D eigenvalue weighted by Crippen LogP contribution is 2.43. The molecule has 1 fully saturated rings. The SMILES string of the molecule is Cc1cc(SC2C(=O)CC(CCc3ccc(O)cc3)(C(C)C)OC2=O)c(C(C)(C)C)cc1NC(=O)c1ccncc1. The number of carbonyl (C=O) groups excluding carboxylic acids is 3. The van der Waals surface area contributed by atoms with E-state index in [4.69, 9.17) is 4.74 Å². The van der Waals surface area contributed by atoms with Crippen LogP contribution in [0.5, 0.6) is 5.75 Å². The van der Waals surface area contributed by atoms with E-state index in [2.05, 4.69) is 31.1 Å². The topological polar surface area (TPSA) is 106 Å². The Hall–Kier alpha value is -3.65. The molecule has 0 spiro atoms. The number of hydrogen-bond donors (Lipinski definition) is 2. The van der Waals surface area contributed by atoms with Crippen molar-refractivity contribution in [3.63, 3.8) is 0 Å². The number of anilines is 1. The summed E-state index contributed by atoms with van der Waals surface area (Å²) in [5.41, 5.74) is 2.73. The number of carbonyl (C=O) groups is 3. The third-order valence-corrected chi connectivity index (χ3v) is 8.96. The highest BCUT2D eigenvalue weighted by atomic mass is 32.2. The number of ketones is 1. The standard InChI is InChI=1S/C33H38N2O5S/c1-20(2)33(14-11-22-7-9-24(36)10-8-22)19-27(37)29(31(39)40-33)41-28-17-21(3)26(18-25(28)32(4,5)6)35-30(38)23-12-15-34-16-13-23/h7-10,12-13,15-18,20,29,36H,11,14,19H2,1-6H3,(H,35,38). The lowest BCUT2D eigenvalue weighted by molar-refractivity contribution is -0.176. The lowest BCUT2D eigenvalue weighted by Gasteiger charge is -2.41. The first-order chi connectivity index (χ1) is 19.3. The number of thioether (sulfide) groups is 1. The number of cyclic esters (lactones) is 1. The van der Waals surface area contributed by atoms with E-state index in [0.717, 1.165) is 21.6 Å². The number of nitrogens with zero attached hydrogens (tertiary/aromatic N) is 1. The molecule has 3 aromatic rings. The summed E-state index contributed by atoms with van der Waals surface area (Å²) in [5.74, 6) is -0.745. The molecule has 1 aliphatic heterocycles. The predicted molar refractivity (Wildman–Crippen MR) is 161 cm³/mol. The number of aryl methyl sites for hydroxylation is 2. The molecule has 0 aliphatic carbocycles. The number of amides is 1. The quantitative estimate of drug-likeness (QED) is 0.229. The Morgan fingerprint density at radius 2 is 1.78 bits per heavy atom. The zero-order valence-electron chi connectivity index (χ0n) is 24.5. The maximum atomic E-state index is 13.6. The second-order valence-electron chi connectivity index (χ2n) is 12.1. The minimum atomic E-state index is -0.965. The van der Waals surface area contributed by atoms with Gasteiger partial charge in [-0.25, -0.2) is 0 Å². The average Bonchev–Trinajstić information content (AvgIpc) is 2.91. The molecule has 1 saturated heterocycles. The van der Waals surface area contributed by atoms with Crippen molar-refractivity contribution in [3.05, 3.63) is 83.2 Å². The van der Waals surface area contributed by atoms with E-state index in [-0.39, 0.29) is 35.2 Å². The molecular weight excluding hydrogens is 536 g/mol. The van der Waals surface area contributed by atoms with Crippen LogP contribution in [0.4, 0.5) is 5.69 Å². The molecule has 2 heterocycles. The summed E-state index contributed by atoms with van der Waals surface area (Å²) in [7, 11) is 0. The Bertz CT molecular complexity index is 1410. The number of esters is 1. The normalized spacial score (nSPS) is 19.2. The first-order valence-corrected chi connectivity index (χ1v) is 14.7. The van der Waals surface area contributed by atoms with Gasteiger partial charge in [-0.3, -0.25) is 19.4 Å². The van der Waals surface area contributed by atoms with E-state index >= 15 is 0 Å². The van der Waals surface area contributed by atoms with Crippen LogP contribution in [-0.4, -0.2) is 38.6 Å². The second-order valence-corrected chi connectivity index (χ2v) is 13.2. The van der Waals surface area contributed by atoms with Gasteiger partial charge in [0, 0.05) is 35.0 Å². The highest BCUT2D eigenvalue weighted by molar-refractivity contribution is 8.01. The van der Waals surface area contributed by atoms with Gasteiger partial charge in [-0.05, 0) is 84.2 Å². The number of ether oxygens (including phenoxy) is 1. The molecule has 0 saturated carbocycles. The van der Waals surface area contributed by atoms with Crippen LogP contribution in [0.2, 0.25) is 0 Å². The van der Waals surface area contributed by atoms with Crippen LogP contribution >= 0.6 is 11.8 Å². The van der Waals surface area contributed by atoms with Crippen LogP contribution in [-0.2, 0) is 26.2 Å². The van der Waals surface area contributed by atoms with Crippen LogP contribution in [0.3, 0.4) is 0 Å². The minimum Gasteiger partial charge on any atom is -0.508 e. The molecule has 1 amide bonds. The number of aromatic hydroxyl groups is 1. The molecule has 4 rings (SSSR count). The van der Waals surface area contributed by atoms with Gasteiger partial charge in [-0.1, -0.05) is 46.8 Å². The fraction of sp³-hybridized carbons (Fsp3) is 0.394. The predicted octanol–water partition coefficient (Wildman–Crippen LogP) is 6.65. The van der Waals surface area contributed by atoms with Crippen molar-refractivity contribution in [2.75, 3.05) is 5.32 Å². The number of rotatable bonds is 8. The number of aromatic nitrogens is 1. The Balaban J connectivity index is 1.56. The Morgan fingerprint density at radius 1 is 1.12 bits per heavy atom. The van der Waals surface area contributed by atoms with Crippen molar-refractivity contribution in [1.82, 2.24) is 4.98 Å². The van der Waals surface area contributed by atoms with Crippen molar-refractivity contribution >= 4 is 35.1 Å². The maximum absolute atomic E-state index is 13.6. The summed E-state index contributed by atoms with van der Waals surface area (Å²) in [6.45, 7) is 12.0.